The predicted molar refractivity (Wildman–Crippen MR) is 108 cm³/mol. The number of carbonyl (C=O) groups excluding carboxylic acids is 2. The van der Waals surface area contributed by atoms with Crippen LogP contribution in [0, 0.1) is 6.92 Å². The standard InChI is InChI=1S/C22H19F7O3S/c1-4-33-18-9-12(2)5-8-15(18)17(30)10-13-6-7-14(11-16(13)19(31)32-3)20(23,21(24,25)26)22(27,28)29/h5-9,11H,4,10H2,1-3H3. The summed E-state index contributed by atoms with van der Waals surface area (Å²) >= 11 is 1.37. The summed E-state index contributed by atoms with van der Waals surface area (Å²) in [7, 11) is 0.854. The molecule has 0 N–H and O–H groups in total. The summed E-state index contributed by atoms with van der Waals surface area (Å²) < 4.78 is 97.6. The van der Waals surface area contributed by atoms with Gasteiger partial charge in [0, 0.05) is 22.4 Å². The number of thioether (sulfide) groups is 1. The van der Waals surface area contributed by atoms with Crippen LogP contribution in [0.15, 0.2) is 41.3 Å². The third kappa shape index (κ3) is 5.34. The molecule has 33 heavy (non-hydrogen) atoms. The first-order valence-electron chi connectivity index (χ1n) is 9.48. The fourth-order valence-corrected chi connectivity index (χ4v) is 4.05. The van der Waals surface area contributed by atoms with Crippen molar-refractivity contribution < 1.29 is 45.1 Å². The molecule has 0 amide bonds. The molecule has 0 aliphatic carbocycles. The molecule has 0 aromatic heterocycles. The van der Waals surface area contributed by atoms with Gasteiger partial charge in [-0.3, -0.25) is 4.79 Å². The average Bonchev–Trinajstić information content (AvgIpc) is 2.71. The van der Waals surface area contributed by atoms with Crippen molar-refractivity contribution in [2.75, 3.05) is 12.9 Å². The fourth-order valence-electron chi connectivity index (χ4n) is 3.14. The van der Waals surface area contributed by atoms with Crippen LogP contribution in [-0.4, -0.2) is 37.0 Å². The van der Waals surface area contributed by atoms with Gasteiger partial charge in [0.05, 0.1) is 12.7 Å². The molecule has 3 nitrogen and oxygen atoms in total. The summed E-state index contributed by atoms with van der Waals surface area (Å²) in [5.74, 6) is -1.19. The summed E-state index contributed by atoms with van der Waals surface area (Å²) in [5.41, 5.74) is -7.37. The third-order valence-electron chi connectivity index (χ3n) is 4.78. The lowest BCUT2D eigenvalue weighted by Gasteiger charge is -2.30. The fraction of sp³-hybridized carbons (Fsp3) is 0.364. The maximum absolute atomic E-state index is 14.4. The molecule has 2 aromatic rings. The zero-order chi connectivity index (χ0) is 25.2. The van der Waals surface area contributed by atoms with Crippen molar-refractivity contribution in [3.8, 4) is 0 Å². The van der Waals surface area contributed by atoms with Crippen LogP contribution in [0.1, 0.15) is 44.3 Å². The number of alkyl halides is 7. The number of benzene rings is 2. The highest BCUT2D eigenvalue weighted by Crippen LogP contribution is 2.53. The Balaban J connectivity index is 2.59. The van der Waals surface area contributed by atoms with Crippen LogP contribution >= 0.6 is 11.8 Å². The van der Waals surface area contributed by atoms with E-state index in [1.807, 2.05) is 13.8 Å². The molecule has 0 saturated heterocycles. The summed E-state index contributed by atoms with van der Waals surface area (Å²) in [5, 5.41) is 0. The van der Waals surface area contributed by atoms with E-state index in [2.05, 4.69) is 4.74 Å². The van der Waals surface area contributed by atoms with Crippen LogP contribution < -0.4 is 0 Å². The quantitative estimate of drug-likeness (QED) is 0.187. The Kier molecular flexibility index (Phi) is 7.88. The lowest BCUT2D eigenvalue weighted by Crippen LogP contribution is -2.50. The van der Waals surface area contributed by atoms with Crippen molar-refractivity contribution in [3.63, 3.8) is 0 Å². The van der Waals surface area contributed by atoms with Crippen LogP contribution in [-0.2, 0) is 16.8 Å². The number of ether oxygens (including phenoxy) is 1. The zero-order valence-corrected chi connectivity index (χ0v) is 18.5. The molecule has 0 aliphatic rings. The summed E-state index contributed by atoms with van der Waals surface area (Å²) in [4.78, 5) is 25.6. The number of rotatable bonds is 7. The van der Waals surface area contributed by atoms with E-state index < -0.39 is 47.3 Å². The second-order valence-electron chi connectivity index (χ2n) is 7.05. The van der Waals surface area contributed by atoms with Gasteiger partial charge in [0.25, 0.3) is 0 Å². The molecule has 180 valence electrons. The highest BCUT2D eigenvalue weighted by Gasteiger charge is 2.73. The molecule has 0 radical (unpaired) electrons. The van der Waals surface area contributed by atoms with Gasteiger partial charge < -0.3 is 4.74 Å². The molecule has 0 atom stereocenters. The predicted octanol–water partition coefficient (Wildman–Crippen LogP) is 6.61. The van der Waals surface area contributed by atoms with E-state index >= 15 is 0 Å². The van der Waals surface area contributed by atoms with E-state index in [9.17, 15) is 40.3 Å². The highest BCUT2D eigenvalue weighted by molar-refractivity contribution is 7.99. The van der Waals surface area contributed by atoms with Crippen LogP contribution in [0.4, 0.5) is 30.7 Å². The molecule has 0 saturated carbocycles. The second kappa shape index (κ2) is 9.74. The van der Waals surface area contributed by atoms with Gasteiger partial charge in [-0.2, -0.15) is 26.3 Å². The largest absolute Gasteiger partial charge is 0.465 e. The van der Waals surface area contributed by atoms with Gasteiger partial charge >= 0.3 is 24.0 Å². The van der Waals surface area contributed by atoms with Crippen LogP contribution in [0.25, 0.3) is 0 Å². The van der Waals surface area contributed by atoms with Gasteiger partial charge in [-0.05, 0) is 35.9 Å². The number of hydrogen-bond acceptors (Lipinski definition) is 4. The van der Waals surface area contributed by atoms with E-state index in [0.29, 0.717) is 16.7 Å². The van der Waals surface area contributed by atoms with Crippen molar-refractivity contribution in [1.29, 1.82) is 0 Å². The molecule has 0 aliphatic heterocycles. The maximum Gasteiger partial charge on any atom is 0.435 e. The van der Waals surface area contributed by atoms with Crippen LogP contribution in [0.5, 0.6) is 0 Å². The first-order valence-corrected chi connectivity index (χ1v) is 10.5. The normalized spacial score (nSPS) is 12.5. The molecule has 2 aromatic carbocycles. The van der Waals surface area contributed by atoms with E-state index in [1.165, 1.54) is 11.8 Å². The molecule has 0 spiro atoms. The molecular weight excluding hydrogens is 477 g/mol. The van der Waals surface area contributed by atoms with Crippen molar-refractivity contribution in [3.05, 3.63) is 64.2 Å². The molecule has 0 unspecified atom stereocenters. The number of esters is 1. The highest BCUT2D eigenvalue weighted by atomic mass is 32.2. The monoisotopic (exact) mass is 496 g/mol. The van der Waals surface area contributed by atoms with E-state index in [0.717, 1.165) is 12.7 Å². The molecule has 11 heteroatoms. The summed E-state index contributed by atoms with van der Waals surface area (Å²) in [6, 6.07) is 6.07. The van der Waals surface area contributed by atoms with Gasteiger partial charge in [-0.1, -0.05) is 31.2 Å². The molecular formula is C22H19F7O3S. The van der Waals surface area contributed by atoms with Crippen LogP contribution in [0.3, 0.4) is 0 Å². The molecule has 0 heterocycles. The number of methoxy groups -OCH3 is 1. The summed E-state index contributed by atoms with van der Waals surface area (Å²) in [6.45, 7) is 3.67. The Hall–Kier alpha value is -2.56. The van der Waals surface area contributed by atoms with Gasteiger partial charge in [0.15, 0.2) is 5.78 Å². The van der Waals surface area contributed by atoms with E-state index in [4.69, 9.17) is 0 Å². The van der Waals surface area contributed by atoms with E-state index in [1.54, 1.807) is 18.2 Å². The lowest BCUT2D eigenvalue weighted by molar-refractivity contribution is -0.348. The Bertz CT molecular complexity index is 1030. The SMILES string of the molecule is CCSc1cc(C)ccc1C(=O)Cc1ccc(C(F)(C(F)(F)F)C(F)(F)F)cc1C(=O)OC. The van der Waals surface area contributed by atoms with Crippen molar-refractivity contribution in [2.45, 2.75) is 43.2 Å². The Labute approximate surface area is 189 Å². The number of Topliss-reactive ketones (excluding diaryl/α,β-unsaturated/α-hetero) is 1. The maximum atomic E-state index is 14.4. The zero-order valence-electron chi connectivity index (χ0n) is 17.7. The Morgan fingerprint density at radius 3 is 2.03 bits per heavy atom. The second-order valence-corrected chi connectivity index (χ2v) is 8.36. The smallest absolute Gasteiger partial charge is 0.435 e. The third-order valence-corrected chi connectivity index (χ3v) is 5.72. The lowest BCUT2D eigenvalue weighted by atomic mass is 9.89. The molecule has 0 fully saturated rings. The minimum atomic E-state index is -6.34. The average molecular weight is 496 g/mol. The first-order chi connectivity index (χ1) is 15.2. The number of halogens is 7. The van der Waals surface area contributed by atoms with Crippen molar-refractivity contribution in [1.82, 2.24) is 0 Å². The van der Waals surface area contributed by atoms with E-state index in [-0.39, 0.29) is 23.3 Å². The Morgan fingerprint density at radius 1 is 0.909 bits per heavy atom. The first kappa shape index (κ1) is 26.7. The summed E-state index contributed by atoms with van der Waals surface area (Å²) in [6.07, 6.45) is -13.2. The number of ketones is 1. The Morgan fingerprint density at radius 2 is 1.52 bits per heavy atom. The van der Waals surface area contributed by atoms with Crippen LogP contribution in [0.2, 0.25) is 0 Å². The number of carbonyl (C=O) groups is 2. The van der Waals surface area contributed by atoms with Gasteiger partial charge in [-0.25, -0.2) is 9.18 Å². The molecule has 0 bridgehead atoms. The van der Waals surface area contributed by atoms with Gasteiger partial charge in [-0.15, -0.1) is 11.8 Å². The minimum Gasteiger partial charge on any atom is -0.465 e. The minimum absolute atomic E-state index is 0.131. The van der Waals surface area contributed by atoms with Gasteiger partial charge in [0.1, 0.15) is 0 Å². The molecule has 2 rings (SSSR count). The number of aryl methyl sites for hydroxylation is 1. The number of hydrogen-bond donors (Lipinski definition) is 0. The van der Waals surface area contributed by atoms with Crippen molar-refractivity contribution >= 4 is 23.5 Å². The van der Waals surface area contributed by atoms with Gasteiger partial charge in [0.2, 0.25) is 0 Å². The topological polar surface area (TPSA) is 43.4 Å². The van der Waals surface area contributed by atoms with Crippen molar-refractivity contribution in [2.24, 2.45) is 0 Å².